The molecule has 158 valence electrons. The van der Waals surface area contributed by atoms with Crippen LogP contribution in [0.2, 0.25) is 0 Å². The second kappa shape index (κ2) is 8.03. The predicted octanol–water partition coefficient (Wildman–Crippen LogP) is 4.67. The number of aromatic nitrogens is 3. The summed E-state index contributed by atoms with van der Waals surface area (Å²) < 4.78 is 2.15. The molecule has 0 aliphatic rings. The Kier molecular flexibility index (Phi) is 4.91. The highest BCUT2D eigenvalue weighted by molar-refractivity contribution is 6.01. The van der Waals surface area contributed by atoms with Gasteiger partial charge in [-0.15, -0.1) is 0 Å². The van der Waals surface area contributed by atoms with Crippen molar-refractivity contribution in [2.45, 2.75) is 13.5 Å². The SMILES string of the molecule is CCn1cc(/C=N/NC(=O)c2ccc3nc(-c4ccccc4O)[nH]c3c2)c2ccccc21. The van der Waals surface area contributed by atoms with Crippen LogP contribution in [0.1, 0.15) is 22.8 Å². The smallest absolute Gasteiger partial charge is 0.271 e. The maximum atomic E-state index is 12.6. The maximum Gasteiger partial charge on any atom is 0.271 e. The fourth-order valence-electron chi connectivity index (χ4n) is 3.82. The zero-order chi connectivity index (χ0) is 22.1. The maximum absolute atomic E-state index is 12.6. The highest BCUT2D eigenvalue weighted by Gasteiger charge is 2.12. The Bertz CT molecular complexity index is 1480. The van der Waals surface area contributed by atoms with Crippen molar-refractivity contribution >= 4 is 34.1 Å². The molecule has 1 amide bonds. The minimum Gasteiger partial charge on any atom is -0.507 e. The first-order valence-electron chi connectivity index (χ1n) is 10.3. The molecule has 2 aromatic heterocycles. The summed E-state index contributed by atoms with van der Waals surface area (Å²) in [6.45, 7) is 2.94. The molecule has 0 saturated heterocycles. The van der Waals surface area contributed by atoms with Crippen LogP contribution in [0.5, 0.6) is 5.75 Å². The van der Waals surface area contributed by atoms with Gasteiger partial charge in [-0.2, -0.15) is 5.10 Å². The normalized spacial score (nSPS) is 11.5. The summed E-state index contributed by atoms with van der Waals surface area (Å²) in [4.78, 5) is 20.3. The number of hydrogen-bond acceptors (Lipinski definition) is 4. The van der Waals surface area contributed by atoms with Gasteiger partial charge in [0.05, 0.1) is 22.8 Å². The van der Waals surface area contributed by atoms with Crippen LogP contribution in [-0.2, 0) is 6.54 Å². The number of fused-ring (bicyclic) bond motifs is 2. The second-order valence-corrected chi connectivity index (χ2v) is 7.42. The van der Waals surface area contributed by atoms with Crippen LogP contribution in [0.15, 0.2) is 78.0 Å². The average Bonchev–Trinajstić information content (AvgIpc) is 3.40. The summed E-state index contributed by atoms with van der Waals surface area (Å²) in [5.41, 5.74) is 7.14. The molecule has 0 aliphatic heterocycles. The number of aromatic hydroxyl groups is 1. The molecule has 7 heteroatoms. The molecule has 5 rings (SSSR count). The number of rotatable bonds is 5. The summed E-state index contributed by atoms with van der Waals surface area (Å²) in [6.07, 6.45) is 3.69. The molecule has 3 N–H and O–H groups in total. The fourth-order valence-corrected chi connectivity index (χ4v) is 3.82. The third-order valence-corrected chi connectivity index (χ3v) is 5.43. The number of para-hydroxylation sites is 2. The number of benzene rings is 3. The van der Waals surface area contributed by atoms with Gasteiger partial charge in [0, 0.05) is 34.8 Å². The van der Waals surface area contributed by atoms with Gasteiger partial charge in [0.25, 0.3) is 5.91 Å². The van der Waals surface area contributed by atoms with Crippen molar-refractivity contribution in [2.75, 3.05) is 0 Å². The van der Waals surface area contributed by atoms with E-state index >= 15 is 0 Å². The van der Waals surface area contributed by atoms with Crippen LogP contribution < -0.4 is 5.43 Å². The van der Waals surface area contributed by atoms with E-state index in [1.54, 1.807) is 42.6 Å². The minimum absolute atomic E-state index is 0.142. The van der Waals surface area contributed by atoms with E-state index in [2.05, 4.69) is 38.1 Å². The van der Waals surface area contributed by atoms with Crippen molar-refractivity contribution in [1.29, 1.82) is 0 Å². The Balaban J connectivity index is 1.37. The molecule has 0 atom stereocenters. The summed E-state index contributed by atoms with van der Waals surface area (Å²) in [5, 5.41) is 15.3. The van der Waals surface area contributed by atoms with E-state index in [9.17, 15) is 9.90 Å². The highest BCUT2D eigenvalue weighted by Crippen LogP contribution is 2.28. The molecule has 2 heterocycles. The molecule has 0 fully saturated rings. The van der Waals surface area contributed by atoms with Crippen LogP contribution in [0.4, 0.5) is 0 Å². The number of carbonyl (C=O) groups is 1. The lowest BCUT2D eigenvalue weighted by Gasteiger charge is -2.00. The molecule has 7 nitrogen and oxygen atoms in total. The van der Waals surface area contributed by atoms with Gasteiger partial charge in [-0.3, -0.25) is 4.79 Å². The average molecular weight is 423 g/mol. The molecule has 5 aromatic rings. The van der Waals surface area contributed by atoms with E-state index in [0.29, 0.717) is 28.0 Å². The predicted molar refractivity (Wildman–Crippen MR) is 126 cm³/mol. The Morgan fingerprint density at radius 2 is 1.97 bits per heavy atom. The topological polar surface area (TPSA) is 95.3 Å². The Morgan fingerprint density at radius 3 is 2.81 bits per heavy atom. The lowest BCUT2D eigenvalue weighted by molar-refractivity contribution is 0.0955. The number of phenolic OH excluding ortho intramolecular Hbond substituents is 1. The first-order valence-corrected chi connectivity index (χ1v) is 10.3. The fraction of sp³-hybridized carbons (Fsp3) is 0.0800. The van der Waals surface area contributed by atoms with E-state index < -0.39 is 0 Å². The van der Waals surface area contributed by atoms with Gasteiger partial charge in [-0.25, -0.2) is 10.4 Å². The van der Waals surface area contributed by atoms with E-state index in [1.165, 1.54) is 0 Å². The number of hydrogen-bond donors (Lipinski definition) is 3. The third kappa shape index (κ3) is 3.50. The quantitative estimate of drug-likeness (QED) is 0.283. The molecule has 0 aliphatic carbocycles. The van der Waals surface area contributed by atoms with Crippen molar-refractivity contribution in [2.24, 2.45) is 5.10 Å². The van der Waals surface area contributed by atoms with Crippen molar-refractivity contribution in [3.8, 4) is 17.1 Å². The molecular weight excluding hydrogens is 402 g/mol. The first kappa shape index (κ1) is 19.6. The summed E-state index contributed by atoms with van der Waals surface area (Å²) >= 11 is 0. The number of nitrogens with zero attached hydrogens (tertiary/aromatic N) is 3. The van der Waals surface area contributed by atoms with Crippen LogP contribution in [0.25, 0.3) is 33.3 Å². The number of phenols is 1. The number of aryl methyl sites for hydroxylation is 1. The minimum atomic E-state index is -0.318. The third-order valence-electron chi connectivity index (χ3n) is 5.43. The first-order chi connectivity index (χ1) is 15.6. The number of H-pyrrole nitrogens is 1. The Labute approximate surface area is 184 Å². The van der Waals surface area contributed by atoms with Crippen LogP contribution in [0, 0.1) is 0 Å². The summed E-state index contributed by atoms with van der Waals surface area (Å²) in [6, 6.07) is 20.3. The highest BCUT2D eigenvalue weighted by atomic mass is 16.3. The van der Waals surface area contributed by atoms with Gasteiger partial charge in [-0.05, 0) is 43.3 Å². The van der Waals surface area contributed by atoms with Crippen molar-refractivity contribution < 1.29 is 9.90 Å². The van der Waals surface area contributed by atoms with Gasteiger partial charge < -0.3 is 14.7 Å². The van der Waals surface area contributed by atoms with Gasteiger partial charge in [0.1, 0.15) is 11.6 Å². The van der Waals surface area contributed by atoms with Crippen molar-refractivity contribution in [1.82, 2.24) is 20.0 Å². The number of nitrogens with one attached hydrogen (secondary N) is 2. The van der Waals surface area contributed by atoms with Gasteiger partial charge in [-0.1, -0.05) is 30.3 Å². The van der Waals surface area contributed by atoms with Gasteiger partial charge in [0.15, 0.2) is 0 Å². The van der Waals surface area contributed by atoms with E-state index in [1.807, 2.05) is 30.5 Å². The van der Waals surface area contributed by atoms with Crippen LogP contribution >= 0.6 is 0 Å². The van der Waals surface area contributed by atoms with E-state index in [-0.39, 0.29) is 11.7 Å². The lowest BCUT2D eigenvalue weighted by Crippen LogP contribution is -2.17. The van der Waals surface area contributed by atoms with Gasteiger partial charge in [0.2, 0.25) is 0 Å². The molecule has 0 unspecified atom stereocenters. The lowest BCUT2D eigenvalue weighted by atomic mass is 10.2. The molecule has 3 aromatic carbocycles. The van der Waals surface area contributed by atoms with Crippen molar-refractivity contribution in [3.05, 3.63) is 84.1 Å². The molecule has 0 spiro atoms. The zero-order valence-electron chi connectivity index (χ0n) is 17.4. The number of carbonyl (C=O) groups excluding carboxylic acids is 1. The largest absolute Gasteiger partial charge is 0.507 e. The summed E-state index contributed by atoms with van der Waals surface area (Å²) in [7, 11) is 0. The van der Waals surface area contributed by atoms with E-state index in [0.717, 1.165) is 23.0 Å². The van der Waals surface area contributed by atoms with Crippen LogP contribution in [0.3, 0.4) is 0 Å². The van der Waals surface area contributed by atoms with Crippen LogP contribution in [-0.4, -0.2) is 31.8 Å². The van der Waals surface area contributed by atoms with E-state index in [4.69, 9.17) is 0 Å². The standard InChI is InChI=1S/C25H21N5O2/c1-2-30-15-17(18-7-3-5-9-22(18)30)14-26-29-25(32)16-11-12-20-21(13-16)28-24(27-20)19-8-4-6-10-23(19)31/h3-15,31H,2H2,1H3,(H,27,28)(H,29,32)/b26-14+. The number of aromatic amines is 1. The molecule has 32 heavy (non-hydrogen) atoms. The second-order valence-electron chi connectivity index (χ2n) is 7.42. The monoisotopic (exact) mass is 423 g/mol. The molecule has 0 radical (unpaired) electrons. The molecular formula is C25H21N5O2. The molecule has 0 saturated carbocycles. The Morgan fingerprint density at radius 1 is 1.16 bits per heavy atom. The van der Waals surface area contributed by atoms with Crippen molar-refractivity contribution in [3.63, 3.8) is 0 Å². The number of amides is 1. The summed E-state index contributed by atoms with van der Waals surface area (Å²) in [5.74, 6) is 0.366. The zero-order valence-corrected chi connectivity index (χ0v) is 17.4. The van der Waals surface area contributed by atoms with Gasteiger partial charge >= 0.3 is 0 Å². The Hall–Kier alpha value is -4.39. The molecule has 0 bridgehead atoms. The number of hydrazone groups is 1. The number of imidazole rings is 1.